The van der Waals surface area contributed by atoms with Crippen LogP contribution in [0.2, 0.25) is 0 Å². The van der Waals surface area contributed by atoms with Gasteiger partial charge in [-0.25, -0.2) is 8.42 Å². The number of nitrogens with zero attached hydrogens (tertiary/aromatic N) is 2. The van der Waals surface area contributed by atoms with E-state index >= 15 is 0 Å². The summed E-state index contributed by atoms with van der Waals surface area (Å²) in [6, 6.07) is 28.2. The minimum absolute atomic E-state index is 0.146. The molecular formula is C28H25N3O4S. The first-order chi connectivity index (χ1) is 17.4. The van der Waals surface area contributed by atoms with Crippen LogP contribution in [0.4, 0.5) is 17.1 Å². The largest absolute Gasteiger partial charge is 0.497 e. The fraction of sp³-hybridized carbons (Fsp3) is 0.0714. The van der Waals surface area contributed by atoms with E-state index in [1.165, 1.54) is 12.1 Å². The van der Waals surface area contributed by atoms with E-state index in [1.807, 2.05) is 48.5 Å². The molecule has 0 radical (unpaired) electrons. The fourth-order valence-corrected chi connectivity index (χ4v) is 4.28. The normalized spacial score (nSPS) is 11.6. The molecule has 36 heavy (non-hydrogen) atoms. The summed E-state index contributed by atoms with van der Waals surface area (Å²) in [6.45, 7) is 0. The number of benzene rings is 4. The van der Waals surface area contributed by atoms with Gasteiger partial charge in [-0.2, -0.15) is 0 Å². The zero-order valence-electron chi connectivity index (χ0n) is 19.8. The quantitative estimate of drug-likeness (QED) is 0.286. The predicted molar refractivity (Wildman–Crippen MR) is 144 cm³/mol. The molecule has 4 rings (SSSR count). The lowest BCUT2D eigenvalue weighted by Gasteiger charge is -2.08. The third kappa shape index (κ3) is 6.58. The summed E-state index contributed by atoms with van der Waals surface area (Å²) in [5.41, 5.74) is 3.62. The monoisotopic (exact) mass is 499 g/mol. The number of anilines is 1. The number of nitrogens with one attached hydrogen (secondary N) is 1. The molecule has 0 aliphatic rings. The Bertz CT molecular complexity index is 1450. The molecule has 7 nitrogen and oxygen atoms in total. The van der Waals surface area contributed by atoms with Crippen molar-refractivity contribution < 1.29 is 17.9 Å². The van der Waals surface area contributed by atoms with Gasteiger partial charge in [0.1, 0.15) is 11.5 Å². The molecule has 0 aliphatic carbocycles. The molecule has 4 aromatic carbocycles. The standard InChI is InChI=1S/C28H25N3O4S/c1-34-26-13-3-21(4-14-26)19-29-23-7-9-25(10-8-23)31-36(32,33)28-17-11-24(12-18-28)30-20-22-5-15-27(35-2)16-6-22/h3-20,31H,1-2H3. The first-order valence-corrected chi connectivity index (χ1v) is 12.5. The number of hydrogen-bond donors (Lipinski definition) is 1. The summed E-state index contributed by atoms with van der Waals surface area (Å²) >= 11 is 0. The van der Waals surface area contributed by atoms with Crippen LogP contribution in [0, 0.1) is 0 Å². The van der Waals surface area contributed by atoms with Crippen LogP contribution < -0.4 is 14.2 Å². The van der Waals surface area contributed by atoms with Crippen molar-refractivity contribution in [2.45, 2.75) is 4.90 Å². The molecule has 8 heteroatoms. The molecule has 0 saturated heterocycles. The van der Waals surface area contributed by atoms with Gasteiger partial charge >= 0.3 is 0 Å². The van der Waals surface area contributed by atoms with Crippen molar-refractivity contribution in [3.8, 4) is 11.5 Å². The van der Waals surface area contributed by atoms with E-state index in [9.17, 15) is 8.42 Å². The van der Waals surface area contributed by atoms with Crippen molar-refractivity contribution in [3.63, 3.8) is 0 Å². The highest BCUT2D eigenvalue weighted by Crippen LogP contribution is 2.22. The molecule has 0 aliphatic heterocycles. The summed E-state index contributed by atoms with van der Waals surface area (Å²) in [6.07, 6.45) is 3.44. The second-order valence-electron chi connectivity index (χ2n) is 7.71. The molecule has 0 unspecified atom stereocenters. The highest BCUT2D eigenvalue weighted by atomic mass is 32.2. The molecule has 0 spiro atoms. The lowest BCUT2D eigenvalue weighted by molar-refractivity contribution is 0.414. The Balaban J connectivity index is 1.38. The molecule has 0 heterocycles. The van der Waals surface area contributed by atoms with Crippen molar-refractivity contribution >= 4 is 39.5 Å². The zero-order valence-corrected chi connectivity index (χ0v) is 20.6. The number of methoxy groups -OCH3 is 2. The van der Waals surface area contributed by atoms with Crippen molar-refractivity contribution in [2.24, 2.45) is 9.98 Å². The number of rotatable bonds is 9. The van der Waals surface area contributed by atoms with Crippen LogP contribution in [0.5, 0.6) is 11.5 Å². The van der Waals surface area contributed by atoms with E-state index in [1.54, 1.807) is 63.0 Å². The fourth-order valence-electron chi connectivity index (χ4n) is 3.22. The lowest BCUT2D eigenvalue weighted by atomic mass is 10.2. The van der Waals surface area contributed by atoms with Gasteiger partial charge < -0.3 is 9.47 Å². The number of aliphatic imine (C=N–C) groups is 2. The first-order valence-electron chi connectivity index (χ1n) is 11.0. The van der Waals surface area contributed by atoms with Gasteiger partial charge in [0.25, 0.3) is 10.0 Å². The van der Waals surface area contributed by atoms with Gasteiger partial charge in [0, 0.05) is 18.1 Å². The smallest absolute Gasteiger partial charge is 0.261 e. The average Bonchev–Trinajstić information content (AvgIpc) is 2.92. The van der Waals surface area contributed by atoms with E-state index in [4.69, 9.17) is 9.47 Å². The van der Waals surface area contributed by atoms with Crippen LogP contribution in [0.25, 0.3) is 0 Å². The van der Waals surface area contributed by atoms with Crippen LogP contribution in [0.15, 0.2) is 112 Å². The van der Waals surface area contributed by atoms with E-state index in [-0.39, 0.29) is 4.90 Å². The van der Waals surface area contributed by atoms with Crippen molar-refractivity contribution in [2.75, 3.05) is 18.9 Å². The number of hydrogen-bond acceptors (Lipinski definition) is 6. The molecule has 0 bridgehead atoms. The number of sulfonamides is 1. The van der Waals surface area contributed by atoms with Gasteiger partial charge in [0.15, 0.2) is 0 Å². The molecule has 1 N–H and O–H groups in total. The minimum atomic E-state index is -3.75. The summed E-state index contributed by atoms with van der Waals surface area (Å²) in [4.78, 5) is 8.96. The molecule has 0 amide bonds. The Morgan fingerprint density at radius 2 is 1.03 bits per heavy atom. The topological polar surface area (TPSA) is 89.3 Å². The maximum absolute atomic E-state index is 12.8. The molecule has 0 fully saturated rings. The van der Waals surface area contributed by atoms with Crippen LogP contribution >= 0.6 is 0 Å². The molecular weight excluding hydrogens is 474 g/mol. The van der Waals surface area contributed by atoms with E-state index in [0.717, 1.165) is 22.6 Å². The summed E-state index contributed by atoms with van der Waals surface area (Å²) < 4.78 is 38.5. The Hall–Kier alpha value is -4.43. The third-order valence-corrected chi connectivity index (χ3v) is 6.62. The third-order valence-electron chi connectivity index (χ3n) is 5.22. The maximum atomic E-state index is 12.8. The van der Waals surface area contributed by atoms with Gasteiger partial charge in [-0.05, 0) is 108 Å². The van der Waals surface area contributed by atoms with Gasteiger partial charge in [-0.1, -0.05) is 0 Å². The molecule has 0 saturated carbocycles. The van der Waals surface area contributed by atoms with Crippen LogP contribution in [-0.2, 0) is 10.0 Å². The lowest BCUT2D eigenvalue weighted by Crippen LogP contribution is -2.12. The SMILES string of the molecule is COc1ccc(C=Nc2ccc(NS(=O)(=O)c3ccc(N=Cc4ccc(OC)cc4)cc3)cc2)cc1. The average molecular weight is 500 g/mol. The van der Waals surface area contributed by atoms with Crippen LogP contribution in [0.1, 0.15) is 11.1 Å². The number of ether oxygens (including phenoxy) is 2. The van der Waals surface area contributed by atoms with Crippen molar-refractivity contribution in [1.82, 2.24) is 0 Å². The Labute approximate surface area is 210 Å². The maximum Gasteiger partial charge on any atom is 0.261 e. The Morgan fingerprint density at radius 3 is 1.44 bits per heavy atom. The van der Waals surface area contributed by atoms with Crippen LogP contribution in [0.3, 0.4) is 0 Å². The molecule has 0 aromatic heterocycles. The van der Waals surface area contributed by atoms with Crippen molar-refractivity contribution in [3.05, 3.63) is 108 Å². The van der Waals surface area contributed by atoms with Gasteiger partial charge in [0.05, 0.1) is 30.5 Å². The van der Waals surface area contributed by atoms with Crippen LogP contribution in [-0.4, -0.2) is 35.1 Å². The Morgan fingerprint density at radius 1 is 0.611 bits per heavy atom. The minimum Gasteiger partial charge on any atom is -0.497 e. The molecule has 4 aromatic rings. The predicted octanol–water partition coefficient (Wildman–Crippen LogP) is 6.01. The second kappa shape index (κ2) is 11.3. The highest BCUT2D eigenvalue weighted by Gasteiger charge is 2.14. The molecule has 182 valence electrons. The highest BCUT2D eigenvalue weighted by molar-refractivity contribution is 7.92. The van der Waals surface area contributed by atoms with E-state index in [2.05, 4.69) is 14.7 Å². The summed E-state index contributed by atoms with van der Waals surface area (Å²) in [5.74, 6) is 1.55. The molecule has 0 atom stereocenters. The van der Waals surface area contributed by atoms with Gasteiger partial charge in [-0.3, -0.25) is 14.7 Å². The van der Waals surface area contributed by atoms with Gasteiger partial charge in [-0.15, -0.1) is 0 Å². The van der Waals surface area contributed by atoms with E-state index in [0.29, 0.717) is 17.1 Å². The van der Waals surface area contributed by atoms with Crippen molar-refractivity contribution in [1.29, 1.82) is 0 Å². The summed E-state index contributed by atoms with van der Waals surface area (Å²) in [7, 11) is -0.513. The Kier molecular flexibility index (Phi) is 7.77. The van der Waals surface area contributed by atoms with Gasteiger partial charge in [0.2, 0.25) is 0 Å². The second-order valence-corrected chi connectivity index (χ2v) is 9.39. The first kappa shape index (κ1) is 24.7. The van der Waals surface area contributed by atoms with E-state index < -0.39 is 10.0 Å². The zero-order chi connectivity index (χ0) is 25.4. The summed E-state index contributed by atoms with van der Waals surface area (Å²) in [5, 5.41) is 0.